The maximum absolute atomic E-state index is 10.5. The van der Waals surface area contributed by atoms with E-state index in [1.807, 2.05) is 0 Å². The first kappa shape index (κ1) is 11.8. The molecule has 0 heterocycles. The smallest absolute Gasteiger partial charge is 0.265 e. The number of hydrogen-bond acceptors (Lipinski definition) is 2. The molecule has 0 aliphatic carbocycles. The molecule has 0 aliphatic heterocycles. The van der Waals surface area contributed by atoms with Crippen molar-refractivity contribution in [3.8, 4) is 0 Å². The molecule has 1 N–H and O–H groups in total. The summed E-state index contributed by atoms with van der Waals surface area (Å²) in [6.07, 6.45) is 0.175. The van der Waals surface area contributed by atoms with Crippen molar-refractivity contribution in [2.75, 3.05) is 5.75 Å². The summed E-state index contributed by atoms with van der Waals surface area (Å²) in [6, 6.07) is 4.78. The maximum atomic E-state index is 10.5. The third-order valence-electron chi connectivity index (χ3n) is 1.64. The summed E-state index contributed by atoms with van der Waals surface area (Å²) in [5.74, 6) is -0.339. The van der Waals surface area contributed by atoms with Gasteiger partial charge in [-0.05, 0) is 24.1 Å². The molecule has 1 aromatic rings. The van der Waals surface area contributed by atoms with Gasteiger partial charge in [0.05, 0.1) is 5.75 Å². The van der Waals surface area contributed by atoms with Crippen molar-refractivity contribution in [1.82, 2.24) is 0 Å². The lowest BCUT2D eigenvalue weighted by Crippen LogP contribution is -2.06. The third kappa shape index (κ3) is 3.84. The topological polar surface area (TPSA) is 54.4 Å². The molecule has 6 heteroatoms. The Morgan fingerprint density at radius 1 is 1.29 bits per heavy atom. The van der Waals surface area contributed by atoms with Crippen LogP contribution in [0.5, 0.6) is 0 Å². The van der Waals surface area contributed by atoms with Crippen LogP contribution in [0.2, 0.25) is 10.0 Å². The summed E-state index contributed by atoms with van der Waals surface area (Å²) in [5.41, 5.74) is 0.647. The van der Waals surface area contributed by atoms with E-state index in [1.54, 1.807) is 12.1 Å². The summed E-state index contributed by atoms with van der Waals surface area (Å²) in [4.78, 5) is 0. The number of rotatable bonds is 3. The Hall–Kier alpha value is -0.290. The number of aryl methyl sites for hydroxylation is 1. The van der Waals surface area contributed by atoms with Gasteiger partial charge in [-0.15, -0.1) is 0 Å². The molecule has 0 bridgehead atoms. The molecule has 0 fully saturated rings. The first-order valence-corrected chi connectivity index (χ1v) is 6.14. The van der Waals surface area contributed by atoms with Crippen LogP contribution in [-0.2, 0) is 16.5 Å². The second kappa shape index (κ2) is 4.49. The number of halogens is 2. The number of benzene rings is 1. The fraction of sp³-hybridized carbons (Fsp3) is 0.250. The molecule has 0 saturated carbocycles. The second-order valence-corrected chi connectivity index (χ2v) is 5.19. The fourth-order valence-corrected chi connectivity index (χ4v) is 1.94. The highest BCUT2D eigenvalue weighted by Crippen LogP contribution is 2.21. The van der Waals surface area contributed by atoms with E-state index in [0.717, 1.165) is 0 Å². The molecule has 0 amide bonds. The van der Waals surface area contributed by atoms with Crippen LogP contribution >= 0.6 is 23.2 Å². The Balaban J connectivity index is 2.78. The zero-order valence-electron chi connectivity index (χ0n) is 7.07. The molecule has 78 valence electrons. The predicted octanol–water partition coefficient (Wildman–Crippen LogP) is 2.42. The standard InChI is InChI=1S/C8H8Cl2O3S/c9-7-2-1-6(8(10)5-7)3-4-14(11,12)13/h1-2,5H,3-4H2,(H,11,12,13). The third-order valence-corrected chi connectivity index (χ3v) is 2.95. The van der Waals surface area contributed by atoms with E-state index in [2.05, 4.69) is 0 Å². The monoisotopic (exact) mass is 254 g/mol. The SMILES string of the molecule is O=S(=O)(O)CCc1ccc(Cl)cc1Cl. The largest absolute Gasteiger partial charge is 0.286 e. The summed E-state index contributed by atoms with van der Waals surface area (Å²) in [7, 11) is -3.94. The van der Waals surface area contributed by atoms with Crippen molar-refractivity contribution in [3.63, 3.8) is 0 Å². The molecule has 0 saturated heterocycles. The van der Waals surface area contributed by atoms with Crippen LogP contribution in [0.15, 0.2) is 18.2 Å². The van der Waals surface area contributed by atoms with E-state index in [1.165, 1.54) is 6.07 Å². The van der Waals surface area contributed by atoms with Gasteiger partial charge in [-0.2, -0.15) is 8.42 Å². The fourth-order valence-electron chi connectivity index (χ4n) is 0.963. The van der Waals surface area contributed by atoms with Gasteiger partial charge in [0.25, 0.3) is 10.1 Å². The van der Waals surface area contributed by atoms with Crippen molar-refractivity contribution >= 4 is 33.3 Å². The highest BCUT2D eigenvalue weighted by atomic mass is 35.5. The summed E-state index contributed by atoms with van der Waals surface area (Å²) < 4.78 is 29.5. The molecular formula is C8H8Cl2O3S. The molecular weight excluding hydrogens is 247 g/mol. The first-order chi connectivity index (χ1) is 6.38. The van der Waals surface area contributed by atoms with E-state index < -0.39 is 10.1 Å². The lowest BCUT2D eigenvalue weighted by Gasteiger charge is -2.02. The van der Waals surface area contributed by atoms with Crippen molar-refractivity contribution in [1.29, 1.82) is 0 Å². The minimum atomic E-state index is -3.94. The summed E-state index contributed by atoms with van der Waals surface area (Å²) in [5, 5.41) is 0.895. The lowest BCUT2D eigenvalue weighted by molar-refractivity contribution is 0.482. The van der Waals surface area contributed by atoms with Gasteiger partial charge >= 0.3 is 0 Å². The molecule has 0 radical (unpaired) electrons. The molecule has 14 heavy (non-hydrogen) atoms. The zero-order chi connectivity index (χ0) is 10.8. The zero-order valence-corrected chi connectivity index (χ0v) is 9.40. The van der Waals surface area contributed by atoms with E-state index in [-0.39, 0.29) is 12.2 Å². The Kier molecular flexibility index (Phi) is 3.78. The van der Waals surface area contributed by atoms with E-state index in [0.29, 0.717) is 15.6 Å². The Bertz CT molecular complexity index is 428. The van der Waals surface area contributed by atoms with Gasteiger partial charge in [-0.25, -0.2) is 0 Å². The first-order valence-electron chi connectivity index (χ1n) is 3.77. The molecule has 0 atom stereocenters. The van der Waals surface area contributed by atoms with Gasteiger partial charge in [-0.1, -0.05) is 29.3 Å². The van der Waals surface area contributed by atoms with Crippen LogP contribution in [0.3, 0.4) is 0 Å². The molecule has 0 aliphatic rings. The normalized spacial score (nSPS) is 11.6. The van der Waals surface area contributed by atoms with Crippen molar-refractivity contribution in [3.05, 3.63) is 33.8 Å². The summed E-state index contributed by atoms with van der Waals surface area (Å²) >= 11 is 11.5. The minimum Gasteiger partial charge on any atom is -0.286 e. The Morgan fingerprint density at radius 3 is 2.43 bits per heavy atom. The van der Waals surface area contributed by atoms with Crippen molar-refractivity contribution in [2.45, 2.75) is 6.42 Å². The van der Waals surface area contributed by atoms with Gasteiger partial charge < -0.3 is 0 Å². The molecule has 0 unspecified atom stereocenters. The second-order valence-electron chi connectivity index (χ2n) is 2.77. The molecule has 1 rings (SSSR count). The van der Waals surface area contributed by atoms with Gasteiger partial charge in [0.15, 0.2) is 0 Å². The average molecular weight is 255 g/mol. The molecule has 3 nitrogen and oxygen atoms in total. The minimum absolute atomic E-state index is 0.175. The van der Waals surface area contributed by atoms with Gasteiger partial charge in [0.2, 0.25) is 0 Å². The van der Waals surface area contributed by atoms with Gasteiger partial charge in [0, 0.05) is 10.0 Å². The van der Waals surface area contributed by atoms with Crippen LogP contribution in [-0.4, -0.2) is 18.7 Å². The number of hydrogen-bond donors (Lipinski definition) is 1. The molecule has 0 aromatic heterocycles. The van der Waals surface area contributed by atoms with Gasteiger partial charge in [0.1, 0.15) is 0 Å². The van der Waals surface area contributed by atoms with Crippen LogP contribution < -0.4 is 0 Å². The lowest BCUT2D eigenvalue weighted by atomic mass is 10.2. The van der Waals surface area contributed by atoms with Crippen molar-refractivity contribution < 1.29 is 13.0 Å². The molecule has 0 spiro atoms. The van der Waals surface area contributed by atoms with E-state index >= 15 is 0 Å². The molecule has 1 aromatic carbocycles. The van der Waals surface area contributed by atoms with Crippen LogP contribution in [0, 0.1) is 0 Å². The maximum Gasteiger partial charge on any atom is 0.265 e. The average Bonchev–Trinajstić information content (AvgIpc) is 2.00. The predicted molar refractivity (Wildman–Crippen MR) is 56.6 cm³/mol. The highest BCUT2D eigenvalue weighted by Gasteiger charge is 2.07. The quantitative estimate of drug-likeness (QED) is 0.844. The highest BCUT2D eigenvalue weighted by molar-refractivity contribution is 7.85. The Morgan fingerprint density at radius 2 is 1.93 bits per heavy atom. The van der Waals surface area contributed by atoms with E-state index in [9.17, 15) is 8.42 Å². The summed E-state index contributed by atoms with van der Waals surface area (Å²) in [6.45, 7) is 0. The van der Waals surface area contributed by atoms with Crippen LogP contribution in [0.1, 0.15) is 5.56 Å². The van der Waals surface area contributed by atoms with Gasteiger partial charge in [-0.3, -0.25) is 4.55 Å². The van der Waals surface area contributed by atoms with Crippen LogP contribution in [0.4, 0.5) is 0 Å². The Labute approximate surface area is 92.4 Å². The van der Waals surface area contributed by atoms with Crippen molar-refractivity contribution in [2.24, 2.45) is 0 Å². The van der Waals surface area contributed by atoms with Crippen LogP contribution in [0.25, 0.3) is 0 Å². The van der Waals surface area contributed by atoms with E-state index in [4.69, 9.17) is 27.8 Å².